The van der Waals surface area contributed by atoms with Crippen molar-refractivity contribution in [1.82, 2.24) is 0 Å². The van der Waals surface area contributed by atoms with Crippen molar-refractivity contribution in [2.75, 3.05) is 16.8 Å². The average molecular weight is 338 g/mol. The second-order valence-electron chi connectivity index (χ2n) is 5.09. The SMILES string of the molecule is CCN(C(=O)c1ccccc1NC(=O)/C=C/C(=O)O)c1ccccc1. The number of carbonyl (C=O) groups is 3. The van der Waals surface area contributed by atoms with Gasteiger partial charge in [0, 0.05) is 24.4 Å². The van der Waals surface area contributed by atoms with Crippen LogP contribution in [0.25, 0.3) is 0 Å². The number of carboxylic acid groups (broad SMARTS) is 1. The number of para-hydroxylation sites is 2. The number of nitrogens with zero attached hydrogens (tertiary/aromatic N) is 1. The van der Waals surface area contributed by atoms with Crippen molar-refractivity contribution >= 4 is 29.2 Å². The summed E-state index contributed by atoms with van der Waals surface area (Å²) in [4.78, 5) is 36.8. The first-order valence-electron chi connectivity index (χ1n) is 7.71. The number of hydrogen-bond acceptors (Lipinski definition) is 3. The highest BCUT2D eigenvalue weighted by Gasteiger charge is 2.19. The summed E-state index contributed by atoms with van der Waals surface area (Å²) in [7, 11) is 0. The zero-order valence-corrected chi connectivity index (χ0v) is 13.7. The lowest BCUT2D eigenvalue weighted by Crippen LogP contribution is -2.31. The molecule has 0 radical (unpaired) electrons. The second kappa shape index (κ2) is 8.44. The van der Waals surface area contributed by atoms with Crippen LogP contribution in [0.1, 0.15) is 17.3 Å². The molecule has 0 aliphatic heterocycles. The Hall–Kier alpha value is -3.41. The maximum atomic E-state index is 12.9. The van der Waals surface area contributed by atoms with E-state index in [2.05, 4.69) is 5.32 Å². The molecule has 0 spiro atoms. The van der Waals surface area contributed by atoms with Crippen LogP contribution >= 0.6 is 0 Å². The molecule has 2 aromatic rings. The van der Waals surface area contributed by atoms with E-state index in [1.54, 1.807) is 29.2 Å². The van der Waals surface area contributed by atoms with Gasteiger partial charge < -0.3 is 15.3 Å². The van der Waals surface area contributed by atoms with Gasteiger partial charge in [-0.15, -0.1) is 0 Å². The predicted molar refractivity (Wildman–Crippen MR) is 95.6 cm³/mol. The van der Waals surface area contributed by atoms with Gasteiger partial charge in [-0.25, -0.2) is 4.79 Å². The van der Waals surface area contributed by atoms with Crippen molar-refractivity contribution in [3.05, 3.63) is 72.3 Å². The van der Waals surface area contributed by atoms with Crippen LogP contribution in [-0.4, -0.2) is 29.4 Å². The maximum absolute atomic E-state index is 12.9. The smallest absolute Gasteiger partial charge is 0.328 e. The fourth-order valence-corrected chi connectivity index (χ4v) is 2.30. The fraction of sp³-hybridized carbons (Fsp3) is 0.105. The minimum absolute atomic E-state index is 0.258. The Balaban J connectivity index is 2.28. The number of anilines is 2. The lowest BCUT2D eigenvalue weighted by atomic mass is 10.1. The summed E-state index contributed by atoms with van der Waals surface area (Å²) in [6.45, 7) is 2.33. The van der Waals surface area contributed by atoms with Gasteiger partial charge in [0.25, 0.3) is 5.91 Å². The van der Waals surface area contributed by atoms with Crippen molar-refractivity contribution < 1.29 is 19.5 Å². The van der Waals surface area contributed by atoms with Gasteiger partial charge in [-0.05, 0) is 31.2 Å². The molecule has 0 heterocycles. The zero-order valence-electron chi connectivity index (χ0n) is 13.7. The number of carboxylic acids is 1. The standard InChI is InChI=1S/C19H18N2O4/c1-2-21(14-8-4-3-5-9-14)19(25)15-10-6-7-11-16(15)20-17(22)12-13-18(23)24/h3-13H,2H2,1H3,(H,20,22)(H,23,24)/b13-12+. The molecular formula is C19H18N2O4. The Bertz CT molecular complexity index is 800. The van der Waals surface area contributed by atoms with E-state index in [0.29, 0.717) is 17.8 Å². The molecule has 0 aromatic heterocycles. The summed E-state index contributed by atoms with van der Waals surface area (Å²) in [5.74, 6) is -2.10. The average Bonchev–Trinajstić information content (AvgIpc) is 2.62. The summed E-state index contributed by atoms with van der Waals surface area (Å²) in [6.07, 6.45) is 1.64. The van der Waals surface area contributed by atoms with Gasteiger partial charge in [-0.1, -0.05) is 30.3 Å². The first-order chi connectivity index (χ1) is 12.0. The normalized spacial score (nSPS) is 10.4. The van der Waals surface area contributed by atoms with Gasteiger partial charge in [0.2, 0.25) is 5.91 Å². The minimum atomic E-state index is -1.22. The van der Waals surface area contributed by atoms with Gasteiger partial charge in [0.05, 0.1) is 11.3 Å². The predicted octanol–water partition coefficient (Wildman–Crippen LogP) is 2.93. The highest BCUT2D eigenvalue weighted by Crippen LogP contribution is 2.21. The number of nitrogens with one attached hydrogen (secondary N) is 1. The highest BCUT2D eigenvalue weighted by molar-refractivity contribution is 6.12. The van der Waals surface area contributed by atoms with Crippen LogP contribution in [0, 0.1) is 0 Å². The number of benzene rings is 2. The molecule has 2 N–H and O–H groups in total. The summed E-state index contributed by atoms with van der Waals surface area (Å²) in [5.41, 5.74) is 1.40. The van der Waals surface area contributed by atoms with Crippen LogP contribution in [0.3, 0.4) is 0 Å². The van der Waals surface area contributed by atoms with Crippen LogP contribution in [-0.2, 0) is 9.59 Å². The molecule has 2 rings (SSSR count). The Morgan fingerprint density at radius 3 is 2.28 bits per heavy atom. The minimum Gasteiger partial charge on any atom is -0.478 e. The van der Waals surface area contributed by atoms with Crippen LogP contribution in [0.2, 0.25) is 0 Å². The van der Waals surface area contributed by atoms with Gasteiger partial charge in [-0.3, -0.25) is 9.59 Å². The molecule has 25 heavy (non-hydrogen) atoms. The van der Waals surface area contributed by atoms with E-state index in [9.17, 15) is 14.4 Å². The third-order valence-corrected chi connectivity index (χ3v) is 3.42. The van der Waals surface area contributed by atoms with Crippen molar-refractivity contribution in [2.24, 2.45) is 0 Å². The van der Waals surface area contributed by atoms with Crippen LogP contribution < -0.4 is 10.2 Å². The Labute approximate surface area is 145 Å². The molecule has 128 valence electrons. The maximum Gasteiger partial charge on any atom is 0.328 e. The topological polar surface area (TPSA) is 86.7 Å². The van der Waals surface area contributed by atoms with Gasteiger partial charge in [-0.2, -0.15) is 0 Å². The van der Waals surface area contributed by atoms with Crippen LogP contribution in [0.15, 0.2) is 66.7 Å². The lowest BCUT2D eigenvalue weighted by molar-refractivity contribution is -0.131. The van der Waals surface area contributed by atoms with Crippen molar-refractivity contribution in [3.8, 4) is 0 Å². The summed E-state index contributed by atoms with van der Waals surface area (Å²) < 4.78 is 0. The molecule has 2 aromatic carbocycles. The molecule has 0 unspecified atom stereocenters. The van der Waals surface area contributed by atoms with Crippen molar-refractivity contribution in [3.63, 3.8) is 0 Å². The molecule has 6 heteroatoms. The molecule has 0 bridgehead atoms. The summed E-state index contributed by atoms with van der Waals surface area (Å²) in [5, 5.41) is 11.1. The monoisotopic (exact) mass is 338 g/mol. The van der Waals surface area contributed by atoms with Gasteiger partial charge in [0.1, 0.15) is 0 Å². The van der Waals surface area contributed by atoms with E-state index < -0.39 is 11.9 Å². The lowest BCUT2D eigenvalue weighted by Gasteiger charge is -2.22. The first-order valence-corrected chi connectivity index (χ1v) is 7.71. The number of aliphatic carboxylic acids is 1. The molecule has 0 fully saturated rings. The molecule has 6 nitrogen and oxygen atoms in total. The van der Waals surface area contributed by atoms with E-state index in [0.717, 1.165) is 17.8 Å². The first kappa shape index (κ1) is 17.9. The van der Waals surface area contributed by atoms with E-state index in [-0.39, 0.29) is 5.91 Å². The zero-order chi connectivity index (χ0) is 18.2. The fourth-order valence-electron chi connectivity index (χ4n) is 2.30. The Kier molecular flexibility index (Phi) is 6.06. The van der Waals surface area contributed by atoms with Crippen LogP contribution in [0.4, 0.5) is 11.4 Å². The number of carbonyl (C=O) groups excluding carboxylic acids is 2. The molecule has 0 saturated heterocycles. The van der Waals surface area contributed by atoms with E-state index in [4.69, 9.17) is 5.11 Å². The third-order valence-electron chi connectivity index (χ3n) is 3.42. The molecule has 0 aliphatic rings. The van der Waals surface area contributed by atoms with E-state index in [1.807, 2.05) is 37.3 Å². The largest absolute Gasteiger partial charge is 0.478 e. The Morgan fingerprint density at radius 1 is 1.00 bits per heavy atom. The quantitative estimate of drug-likeness (QED) is 0.793. The highest BCUT2D eigenvalue weighted by atomic mass is 16.4. The van der Waals surface area contributed by atoms with E-state index >= 15 is 0 Å². The summed E-state index contributed by atoms with van der Waals surface area (Å²) >= 11 is 0. The van der Waals surface area contributed by atoms with Gasteiger partial charge >= 0.3 is 5.97 Å². The molecule has 0 aliphatic carbocycles. The molecular weight excluding hydrogens is 320 g/mol. The number of hydrogen-bond donors (Lipinski definition) is 2. The van der Waals surface area contributed by atoms with E-state index in [1.165, 1.54) is 0 Å². The third kappa shape index (κ3) is 4.78. The molecule has 0 saturated carbocycles. The van der Waals surface area contributed by atoms with Crippen molar-refractivity contribution in [1.29, 1.82) is 0 Å². The number of amides is 2. The molecule has 2 amide bonds. The van der Waals surface area contributed by atoms with Gasteiger partial charge in [0.15, 0.2) is 0 Å². The number of rotatable bonds is 6. The molecule has 0 atom stereocenters. The van der Waals surface area contributed by atoms with Crippen molar-refractivity contribution in [2.45, 2.75) is 6.92 Å². The second-order valence-corrected chi connectivity index (χ2v) is 5.09. The Morgan fingerprint density at radius 2 is 1.64 bits per heavy atom. The summed E-state index contributed by atoms with van der Waals surface area (Å²) in [6, 6.07) is 15.8. The van der Waals surface area contributed by atoms with Crippen LogP contribution in [0.5, 0.6) is 0 Å².